The summed E-state index contributed by atoms with van der Waals surface area (Å²) in [4.78, 5) is -0.118. The highest BCUT2D eigenvalue weighted by Gasteiger charge is 2.52. The van der Waals surface area contributed by atoms with Gasteiger partial charge in [-0.2, -0.15) is 0 Å². The predicted octanol–water partition coefficient (Wildman–Crippen LogP) is 4.75. The fourth-order valence-electron chi connectivity index (χ4n) is 2.65. The van der Waals surface area contributed by atoms with E-state index in [2.05, 4.69) is 4.72 Å². The molecule has 1 heterocycles. The Balaban J connectivity index is 1.87. The van der Waals surface area contributed by atoms with Gasteiger partial charge in [0.25, 0.3) is 10.0 Å². The Morgan fingerprint density at radius 1 is 0.929 bits per heavy atom. The smallest absolute Gasteiger partial charge is 0.399 e. The Hall–Kier alpha value is -0.955. The van der Waals surface area contributed by atoms with Crippen molar-refractivity contribution in [3.63, 3.8) is 0 Å². The molecule has 10 heteroatoms. The molecule has 0 spiro atoms. The van der Waals surface area contributed by atoms with Crippen LogP contribution in [0.15, 0.2) is 41.3 Å². The molecule has 1 fully saturated rings. The number of halogens is 3. The molecule has 2 aromatic carbocycles. The van der Waals surface area contributed by atoms with Gasteiger partial charge in [0.15, 0.2) is 0 Å². The lowest BCUT2D eigenvalue weighted by atomic mass is 9.79. The van der Waals surface area contributed by atoms with E-state index in [4.69, 9.17) is 44.1 Å². The summed E-state index contributed by atoms with van der Waals surface area (Å²) in [6, 6.07) is 9.15. The highest BCUT2D eigenvalue weighted by atomic mass is 35.5. The van der Waals surface area contributed by atoms with E-state index in [1.54, 1.807) is 12.1 Å². The molecular weight excluding hydrogens is 443 g/mol. The van der Waals surface area contributed by atoms with Gasteiger partial charge in [-0.05, 0) is 52.0 Å². The van der Waals surface area contributed by atoms with Gasteiger partial charge in [-0.15, -0.1) is 0 Å². The maximum Gasteiger partial charge on any atom is 0.496 e. The molecule has 0 radical (unpaired) electrons. The molecular formula is C18H19BCl3NO4S. The summed E-state index contributed by atoms with van der Waals surface area (Å²) >= 11 is 18.3. The maximum atomic E-state index is 12.7. The van der Waals surface area contributed by atoms with Crippen LogP contribution in [0.2, 0.25) is 15.1 Å². The normalized spacial score (nSPS) is 18.3. The second-order valence-electron chi connectivity index (χ2n) is 7.48. The van der Waals surface area contributed by atoms with E-state index in [1.165, 1.54) is 24.3 Å². The number of hydrogen-bond acceptors (Lipinski definition) is 4. The molecule has 1 aliphatic heterocycles. The van der Waals surface area contributed by atoms with Crippen LogP contribution in [0.5, 0.6) is 0 Å². The van der Waals surface area contributed by atoms with Crippen LogP contribution in [0, 0.1) is 0 Å². The number of hydrogen-bond donors (Lipinski definition) is 1. The average Bonchev–Trinajstić information content (AvgIpc) is 2.77. The highest BCUT2D eigenvalue weighted by Crippen LogP contribution is 2.37. The van der Waals surface area contributed by atoms with Crippen molar-refractivity contribution in [1.82, 2.24) is 0 Å². The fraction of sp³-hybridized carbons (Fsp3) is 0.333. The Bertz CT molecular complexity index is 1010. The first-order valence-electron chi connectivity index (χ1n) is 8.46. The van der Waals surface area contributed by atoms with Crippen molar-refractivity contribution in [1.29, 1.82) is 0 Å². The summed E-state index contributed by atoms with van der Waals surface area (Å²) in [5.41, 5.74) is -0.125. The Labute approximate surface area is 180 Å². The van der Waals surface area contributed by atoms with Crippen molar-refractivity contribution in [2.45, 2.75) is 43.8 Å². The molecule has 1 N–H and O–H groups in total. The number of rotatable bonds is 4. The van der Waals surface area contributed by atoms with Gasteiger partial charge in [-0.25, -0.2) is 8.42 Å². The van der Waals surface area contributed by atoms with E-state index in [-0.39, 0.29) is 20.6 Å². The third kappa shape index (κ3) is 4.02. The minimum absolute atomic E-state index is 0.0448. The predicted molar refractivity (Wildman–Crippen MR) is 114 cm³/mol. The van der Waals surface area contributed by atoms with E-state index in [1.807, 2.05) is 27.7 Å². The van der Waals surface area contributed by atoms with E-state index < -0.39 is 28.3 Å². The van der Waals surface area contributed by atoms with Crippen LogP contribution in [-0.4, -0.2) is 26.7 Å². The lowest BCUT2D eigenvalue weighted by Crippen LogP contribution is -2.41. The Morgan fingerprint density at radius 3 is 2.11 bits per heavy atom. The van der Waals surface area contributed by atoms with Crippen molar-refractivity contribution in [2.24, 2.45) is 0 Å². The van der Waals surface area contributed by atoms with Gasteiger partial charge in [0, 0.05) is 10.5 Å². The average molecular weight is 463 g/mol. The van der Waals surface area contributed by atoms with Crippen molar-refractivity contribution in [3.8, 4) is 0 Å². The molecule has 150 valence electrons. The van der Waals surface area contributed by atoms with Crippen molar-refractivity contribution in [3.05, 3.63) is 51.5 Å². The maximum absolute atomic E-state index is 12.7. The third-order valence-electron chi connectivity index (χ3n) is 4.97. The molecule has 0 amide bonds. The molecule has 28 heavy (non-hydrogen) atoms. The van der Waals surface area contributed by atoms with Crippen molar-refractivity contribution >= 4 is 63.1 Å². The number of nitrogens with one attached hydrogen (secondary N) is 1. The summed E-state index contributed by atoms with van der Waals surface area (Å²) < 4.78 is 39.7. The van der Waals surface area contributed by atoms with Crippen LogP contribution in [0.25, 0.3) is 0 Å². The van der Waals surface area contributed by atoms with E-state index in [9.17, 15) is 8.42 Å². The summed E-state index contributed by atoms with van der Waals surface area (Å²) in [7, 11) is -4.59. The molecule has 0 aliphatic carbocycles. The molecule has 1 aliphatic rings. The van der Waals surface area contributed by atoms with E-state index in [0.29, 0.717) is 10.5 Å². The molecule has 1 saturated heterocycles. The van der Waals surface area contributed by atoms with Gasteiger partial charge in [0.05, 0.1) is 26.9 Å². The second kappa shape index (κ2) is 7.38. The number of anilines is 1. The van der Waals surface area contributed by atoms with Crippen LogP contribution >= 0.6 is 34.8 Å². The van der Waals surface area contributed by atoms with Gasteiger partial charge in [0.1, 0.15) is 4.90 Å². The van der Waals surface area contributed by atoms with Gasteiger partial charge < -0.3 is 9.31 Å². The molecule has 5 nitrogen and oxygen atoms in total. The van der Waals surface area contributed by atoms with Crippen LogP contribution in [0.1, 0.15) is 27.7 Å². The van der Waals surface area contributed by atoms with E-state index in [0.717, 1.165) is 0 Å². The highest BCUT2D eigenvalue weighted by molar-refractivity contribution is 7.92. The van der Waals surface area contributed by atoms with Gasteiger partial charge in [-0.3, -0.25) is 4.72 Å². The Kier molecular flexibility index (Phi) is 5.73. The third-order valence-corrected chi connectivity index (χ3v) is 7.65. The molecule has 0 saturated carbocycles. The molecule has 0 unspecified atom stereocenters. The van der Waals surface area contributed by atoms with Crippen molar-refractivity contribution in [2.75, 3.05) is 4.72 Å². The number of sulfonamides is 1. The molecule has 3 rings (SSSR count). The zero-order valence-corrected chi connectivity index (χ0v) is 18.8. The summed E-state index contributed by atoms with van der Waals surface area (Å²) in [5.74, 6) is 0. The SMILES string of the molecule is CC1(C)OB(c2ccc(NS(=O)(=O)c3cccc(Cl)c3Cl)cc2Cl)OC1(C)C. The van der Waals surface area contributed by atoms with Crippen LogP contribution in [0.3, 0.4) is 0 Å². The molecule has 0 atom stereocenters. The molecule has 2 aromatic rings. The minimum Gasteiger partial charge on any atom is -0.399 e. The van der Waals surface area contributed by atoms with Crippen LogP contribution < -0.4 is 10.2 Å². The van der Waals surface area contributed by atoms with Crippen LogP contribution in [0.4, 0.5) is 5.69 Å². The molecule has 0 aromatic heterocycles. The first-order chi connectivity index (χ1) is 12.8. The monoisotopic (exact) mass is 461 g/mol. The van der Waals surface area contributed by atoms with Gasteiger partial charge in [0.2, 0.25) is 0 Å². The van der Waals surface area contributed by atoms with Crippen molar-refractivity contribution < 1.29 is 17.7 Å². The second-order valence-corrected chi connectivity index (χ2v) is 10.3. The zero-order chi connectivity index (χ0) is 20.9. The zero-order valence-electron chi connectivity index (χ0n) is 15.7. The molecule has 0 bridgehead atoms. The quantitative estimate of drug-likeness (QED) is 0.666. The Morgan fingerprint density at radius 2 is 1.54 bits per heavy atom. The minimum atomic E-state index is -3.94. The fourth-order valence-corrected chi connectivity index (χ4v) is 4.74. The standard InChI is InChI=1S/C18H19BCl3NO4S/c1-17(2)18(3,4)27-19(26-17)12-9-8-11(10-14(12)21)23-28(24,25)15-7-5-6-13(20)16(15)22/h5-10,23H,1-4H3. The van der Waals surface area contributed by atoms with Gasteiger partial charge in [-0.1, -0.05) is 46.9 Å². The lowest BCUT2D eigenvalue weighted by molar-refractivity contribution is 0.00578. The largest absolute Gasteiger partial charge is 0.496 e. The summed E-state index contributed by atoms with van der Waals surface area (Å²) in [5, 5.41) is 0.422. The topological polar surface area (TPSA) is 64.6 Å². The van der Waals surface area contributed by atoms with E-state index >= 15 is 0 Å². The van der Waals surface area contributed by atoms with Gasteiger partial charge >= 0.3 is 7.12 Å². The van der Waals surface area contributed by atoms with Crippen LogP contribution in [-0.2, 0) is 19.3 Å². The summed E-state index contributed by atoms with van der Waals surface area (Å²) in [6.45, 7) is 7.77. The summed E-state index contributed by atoms with van der Waals surface area (Å²) in [6.07, 6.45) is 0. The first-order valence-corrected chi connectivity index (χ1v) is 11.1. The first kappa shape index (κ1) is 21.7. The lowest BCUT2D eigenvalue weighted by Gasteiger charge is -2.32. The number of benzene rings is 2.